The highest BCUT2D eigenvalue weighted by Crippen LogP contribution is 2.27. The Kier molecular flexibility index (Phi) is 10.5. The zero-order valence-electron chi connectivity index (χ0n) is 26.9. The molecule has 5 aromatic rings. The quantitative estimate of drug-likeness (QED) is 0.248. The molecule has 2 atom stereocenters. The Bertz CT molecular complexity index is 1910. The number of fused-ring (bicyclic) bond motifs is 4. The first-order valence-electron chi connectivity index (χ1n) is 15.8. The smallest absolute Gasteiger partial charge is 0.271 e. The number of nitrogens with zero attached hydrogens (tertiary/aromatic N) is 6. The van der Waals surface area contributed by atoms with Gasteiger partial charge in [0.05, 0.1) is 18.6 Å². The second-order valence-electron chi connectivity index (χ2n) is 11.9. The molecule has 0 spiro atoms. The molecule has 0 aliphatic carbocycles. The lowest BCUT2D eigenvalue weighted by molar-refractivity contribution is -0.122. The van der Waals surface area contributed by atoms with E-state index in [1.807, 2.05) is 44.2 Å². The number of hydrogen-bond donors (Lipinski definition) is 3. The van der Waals surface area contributed by atoms with Crippen LogP contribution in [0.5, 0.6) is 0 Å². The molecule has 0 saturated heterocycles. The summed E-state index contributed by atoms with van der Waals surface area (Å²) in [6, 6.07) is 15.6. The van der Waals surface area contributed by atoms with Gasteiger partial charge in [0.25, 0.3) is 17.7 Å². The van der Waals surface area contributed by atoms with Crippen LogP contribution in [0.25, 0.3) is 5.69 Å². The van der Waals surface area contributed by atoms with Gasteiger partial charge >= 0.3 is 0 Å². The lowest BCUT2D eigenvalue weighted by atomic mass is 10.0. The Balaban J connectivity index is 1.29. The van der Waals surface area contributed by atoms with Gasteiger partial charge in [0.15, 0.2) is 0 Å². The molecule has 0 saturated carbocycles. The summed E-state index contributed by atoms with van der Waals surface area (Å²) in [6.45, 7) is 4.18. The number of amides is 4. The zero-order valence-corrected chi connectivity index (χ0v) is 28.5. The molecule has 2 aromatic carbocycles. The van der Waals surface area contributed by atoms with E-state index in [1.54, 1.807) is 52.2 Å². The van der Waals surface area contributed by atoms with Crippen molar-refractivity contribution < 1.29 is 19.2 Å². The van der Waals surface area contributed by atoms with E-state index in [0.717, 1.165) is 11.3 Å². The number of nitrogens with one attached hydrogen (secondary N) is 3. The maximum Gasteiger partial charge on any atom is 0.271 e. The fourth-order valence-electron chi connectivity index (χ4n) is 5.39. The molecular weight excluding hydrogens is 663 g/mol. The van der Waals surface area contributed by atoms with Gasteiger partial charge in [-0.2, -0.15) is 0 Å². The summed E-state index contributed by atoms with van der Waals surface area (Å²) in [5, 5.41) is 21.1. The molecule has 4 heterocycles. The van der Waals surface area contributed by atoms with E-state index in [9.17, 15) is 19.2 Å². The van der Waals surface area contributed by atoms with Crippen LogP contribution in [0, 0.1) is 5.92 Å². The van der Waals surface area contributed by atoms with Crippen molar-refractivity contribution in [2.24, 2.45) is 5.92 Å². The average molecular weight is 698 g/mol. The van der Waals surface area contributed by atoms with E-state index in [4.69, 9.17) is 0 Å². The van der Waals surface area contributed by atoms with Gasteiger partial charge in [0.1, 0.15) is 34.1 Å². The van der Waals surface area contributed by atoms with Crippen LogP contribution in [0.3, 0.4) is 0 Å². The normalized spacial score (nSPS) is 17.8. The Labute approximate surface area is 290 Å². The molecule has 3 aromatic heterocycles. The molecule has 15 heteroatoms. The number of aromatic nitrogens is 5. The van der Waals surface area contributed by atoms with Crippen molar-refractivity contribution in [3.63, 3.8) is 0 Å². The molecule has 1 aliphatic rings. The lowest BCUT2D eigenvalue weighted by Crippen LogP contribution is -2.43. The van der Waals surface area contributed by atoms with Crippen LogP contribution < -0.4 is 16.0 Å². The predicted molar refractivity (Wildman–Crippen MR) is 185 cm³/mol. The minimum Gasteiger partial charge on any atom is -0.351 e. The highest BCUT2D eigenvalue weighted by atomic mass is 32.1. The fraction of sp³-hybridized carbons (Fsp3) is 0.294. The molecule has 0 radical (unpaired) electrons. The fourth-order valence-corrected chi connectivity index (χ4v) is 7.26. The summed E-state index contributed by atoms with van der Waals surface area (Å²) in [5.41, 5.74) is 2.62. The van der Waals surface area contributed by atoms with Crippen LogP contribution in [0.15, 0.2) is 78.0 Å². The van der Waals surface area contributed by atoms with Crippen molar-refractivity contribution in [1.29, 1.82) is 0 Å². The highest BCUT2D eigenvalue weighted by Gasteiger charge is 2.27. The van der Waals surface area contributed by atoms with Gasteiger partial charge in [-0.1, -0.05) is 44.2 Å². The van der Waals surface area contributed by atoms with E-state index in [2.05, 4.69) is 36.1 Å². The molecule has 13 nitrogen and oxygen atoms in total. The van der Waals surface area contributed by atoms with Crippen molar-refractivity contribution in [2.45, 2.75) is 38.8 Å². The molecule has 4 amide bonds. The largest absolute Gasteiger partial charge is 0.351 e. The monoisotopic (exact) mass is 697 g/mol. The number of carbonyl (C=O) groups is 4. The summed E-state index contributed by atoms with van der Waals surface area (Å²) in [6.07, 6.45) is 3.95. The second kappa shape index (κ2) is 15.3. The number of carbonyl (C=O) groups excluding carboxylic acids is 4. The number of hydrogen-bond acceptors (Lipinski definition) is 10. The Hall–Kier alpha value is -5.28. The molecule has 49 heavy (non-hydrogen) atoms. The molecule has 0 fully saturated rings. The second-order valence-corrected chi connectivity index (χ2v) is 13.7. The van der Waals surface area contributed by atoms with Gasteiger partial charge in [0.2, 0.25) is 5.91 Å². The Morgan fingerprint density at radius 3 is 2.27 bits per heavy atom. The van der Waals surface area contributed by atoms with Crippen molar-refractivity contribution in [1.82, 2.24) is 45.6 Å². The SMILES string of the molecule is CC(C)[C@@H]1NC(=O)c2csc(n2)[C@H](Cc2ccccc2)NC(=O)CN(C(=O)c2ccc(-n3cnnc3)cc2)CCCNC(=O)c2csc1n2. The van der Waals surface area contributed by atoms with Gasteiger partial charge in [-0.15, -0.1) is 32.9 Å². The third kappa shape index (κ3) is 8.24. The standard InChI is InChI=1S/C34H35N9O4S2/c1-21(2)29-33-40-26(17-49-33)30(45)35-13-6-14-42(34(47)23-9-11-24(12-10-23)43-19-36-37-20-43)16-28(44)38-25(15-22-7-4-3-5-8-22)32-39-27(18-48-32)31(46)41-29/h3-5,7-12,17-21,25,29H,6,13-16H2,1-2H3,(H,35,45)(H,38,44)(H,41,46)/t25-,29-/m0/s1. The summed E-state index contributed by atoms with van der Waals surface area (Å²) in [4.78, 5) is 64.6. The Morgan fingerprint density at radius 1 is 0.878 bits per heavy atom. The van der Waals surface area contributed by atoms with Crippen molar-refractivity contribution in [3.05, 3.63) is 111 Å². The average Bonchev–Trinajstić information content (AvgIpc) is 3.91. The first-order chi connectivity index (χ1) is 23.7. The van der Waals surface area contributed by atoms with E-state index in [-0.39, 0.29) is 60.6 Å². The molecule has 0 unspecified atom stereocenters. The van der Waals surface area contributed by atoms with Gasteiger partial charge in [0, 0.05) is 35.1 Å². The molecule has 4 bridgehead atoms. The van der Waals surface area contributed by atoms with E-state index in [0.29, 0.717) is 28.4 Å². The maximum atomic E-state index is 13.8. The summed E-state index contributed by atoms with van der Waals surface area (Å²) in [7, 11) is 0. The van der Waals surface area contributed by atoms with Crippen LogP contribution in [0.1, 0.15) is 79.3 Å². The minimum atomic E-state index is -0.551. The molecule has 3 N–H and O–H groups in total. The van der Waals surface area contributed by atoms with Crippen molar-refractivity contribution in [2.75, 3.05) is 19.6 Å². The molecular formula is C34H35N9O4S2. The van der Waals surface area contributed by atoms with Crippen molar-refractivity contribution in [3.8, 4) is 5.69 Å². The summed E-state index contributed by atoms with van der Waals surface area (Å²) in [5.74, 6) is -1.46. The van der Waals surface area contributed by atoms with Gasteiger partial charge < -0.3 is 20.9 Å². The van der Waals surface area contributed by atoms with Crippen LogP contribution in [0.4, 0.5) is 0 Å². The van der Waals surface area contributed by atoms with E-state index < -0.39 is 12.1 Å². The highest BCUT2D eigenvalue weighted by molar-refractivity contribution is 7.10. The van der Waals surface area contributed by atoms with Crippen LogP contribution >= 0.6 is 22.7 Å². The maximum absolute atomic E-state index is 13.8. The minimum absolute atomic E-state index is 0.00836. The molecule has 252 valence electrons. The molecule has 6 rings (SSSR count). The van der Waals surface area contributed by atoms with Crippen LogP contribution in [0.2, 0.25) is 0 Å². The third-order valence-electron chi connectivity index (χ3n) is 7.99. The molecule has 1 aliphatic heterocycles. The van der Waals surface area contributed by atoms with E-state index >= 15 is 0 Å². The van der Waals surface area contributed by atoms with E-state index in [1.165, 1.54) is 27.6 Å². The van der Waals surface area contributed by atoms with Crippen LogP contribution in [-0.2, 0) is 11.2 Å². The van der Waals surface area contributed by atoms with Crippen LogP contribution in [-0.4, -0.2) is 72.9 Å². The Morgan fingerprint density at radius 2 is 1.55 bits per heavy atom. The number of benzene rings is 2. The number of rotatable bonds is 5. The summed E-state index contributed by atoms with van der Waals surface area (Å²) < 4.78 is 1.72. The first kappa shape index (κ1) is 33.6. The zero-order chi connectivity index (χ0) is 34.3. The van der Waals surface area contributed by atoms with Crippen molar-refractivity contribution >= 4 is 46.3 Å². The van der Waals surface area contributed by atoms with Gasteiger partial charge in [-0.25, -0.2) is 9.97 Å². The van der Waals surface area contributed by atoms with Gasteiger partial charge in [-0.05, 0) is 48.6 Å². The summed E-state index contributed by atoms with van der Waals surface area (Å²) >= 11 is 2.59. The third-order valence-corrected chi connectivity index (χ3v) is 9.87. The predicted octanol–water partition coefficient (Wildman–Crippen LogP) is 3.98. The lowest BCUT2D eigenvalue weighted by Gasteiger charge is -2.24. The first-order valence-corrected chi connectivity index (χ1v) is 17.6. The van der Waals surface area contributed by atoms with Gasteiger partial charge in [-0.3, -0.25) is 23.7 Å². The number of thiazole rings is 2. The topological polar surface area (TPSA) is 164 Å².